The van der Waals surface area contributed by atoms with Crippen LogP contribution in [0.4, 0.5) is 5.69 Å². The molecule has 0 heterocycles. The molecule has 4 heteroatoms. The number of hydrogen-bond acceptors (Lipinski definition) is 2. The number of carboxylic acid groups (broad SMARTS) is 1. The van der Waals surface area contributed by atoms with Crippen molar-refractivity contribution < 1.29 is 14.7 Å². The predicted octanol–water partition coefficient (Wildman–Crippen LogP) is 15.5. The van der Waals surface area contributed by atoms with E-state index in [0.717, 1.165) is 24.9 Å². The van der Waals surface area contributed by atoms with Crippen molar-refractivity contribution in [3.8, 4) is 0 Å². The standard InChI is InChI=1S/C46H83NO3/c48-45(47-44-40-36-35-37-41-44)42-38-33-31-29-27-25-23-21-19-17-15-13-11-9-7-5-3-1-2-4-6-8-10-12-14-16-18-20-22-24-26-28-30-32-34-39-43-46(49)50/h35-37,40-41H,1-34,38-39,42-43H2,(H,47,48)(H,49,50). The molecule has 0 spiro atoms. The van der Waals surface area contributed by atoms with Crippen molar-refractivity contribution in [2.45, 2.75) is 244 Å². The largest absolute Gasteiger partial charge is 0.481 e. The van der Waals surface area contributed by atoms with Gasteiger partial charge in [0.15, 0.2) is 0 Å². The summed E-state index contributed by atoms with van der Waals surface area (Å²) in [4.78, 5) is 22.5. The average molecular weight is 698 g/mol. The first-order chi connectivity index (χ1) is 24.7. The van der Waals surface area contributed by atoms with Crippen molar-refractivity contribution in [3.05, 3.63) is 30.3 Å². The number of para-hydroxylation sites is 1. The van der Waals surface area contributed by atoms with Gasteiger partial charge in [0.05, 0.1) is 0 Å². The Morgan fingerprint density at radius 2 is 0.560 bits per heavy atom. The van der Waals surface area contributed by atoms with E-state index in [1.165, 1.54) is 212 Å². The summed E-state index contributed by atoms with van der Waals surface area (Å²) in [5.74, 6) is -0.506. The third-order valence-corrected chi connectivity index (χ3v) is 10.6. The lowest BCUT2D eigenvalue weighted by atomic mass is 10.0. The number of anilines is 1. The van der Waals surface area contributed by atoms with E-state index in [-0.39, 0.29) is 5.91 Å². The molecule has 290 valence electrons. The van der Waals surface area contributed by atoms with Crippen LogP contribution in [-0.2, 0) is 9.59 Å². The van der Waals surface area contributed by atoms with Gasteiger partial charge in [-0.1, -0.05) is 237 Å². The first kappa shape index (κ1) is 46.2. The summed E-state index contributed by atoms with van der Waals surface area (Å²) in [6, 6.07) is 9.77. The Morgan fingerprint density at radius 3 is 0.800 bits per heavy atom. The van der Waals surface area contributed by atoms with Gasteiger partial charge < -0.3 is 10.4 Å². The molecular formula is C46H83NO3. The molecule has 0 aliphatic rings. The number of rotatable bonds is 40. The van der Waals surface area contributed by atoms with Crippen LogP contribution in [0.5, 0.6) is 0 Å². The van der Waals surface area contributed by atoms with Crippen molar-refractivity contribution in [2.24, 2.45) is 0 Å². The van der Waals surface area contributed by atoms with Gasteiger partial charge in [0, 0.05) is 18.5 Å². The number of unbranched alkanes of at least 4 members (excludes halogenated alkanes) is 35. The van der Waals surface area contributed by atoms with Crippen molar-refractivity contribution in [1.82, 2.24) is 0 Å². The van der Waals surface area contributed by atoms with E-state index in [0.29, 0.717) is 12.8 Å². The van der Waals surface area contributed by atoms with E-state index in [2.05, 4.69) is 5.32 Å². The number of carbonyl (C=O) groups is 2. The van der Waals surface area contributed by atoms with E-state index >= 15 is 0 Å². The van der Waals surface area contributed by atoms with Crippen molar-refractivity contribution in [3.63, 3.8) is 0 Å². The van der Waals surface area contributed by atoms with Crippen molar-refractivity contribution >= 4 is 17.6 Å². The smallest absolute Gasteiger partial charge is 0.303 e. The van der Waals surface area contributed by atoms with Gasteiger partial charge in [0.2, 0.25) is 5.91 Å². The van der Waals surface area contributed by atoms with Crippen molar-refractivity contribution in [1.29, 1.82) is 0 Å². The molecule has 1 rings (SSSR count). The highest BCUT2D eigenvalue weighted by Crippen LogP contribution is 2.18. The Balaban J connectivity index is 1.63. The van der Waals surface area contributed by atoms with E-state index in [4.69, 9.17) is 5.11 Å². The van der Waals surface area contributed by atoms with E-state index in [9.17, 15) is 9.59 Å². The fraction of sp³-hybridized carbons (Fsp3) is 0.826. The molecule has 2 N–H and O–H groups in total. The van der Waals surface area contributed by atoms with Crippen molar-refractivity contribution in [2.75, 3.05) is 5.32 Å². The highest BCUT2D eigenvalue weighted by molar-refractivity contribution is 5.90. The highest BCUT2D eigenvalue weighted by atomic mass is 16.4. The maximum absolute atomic E-state index is 12.0. The second kappa shape index (κ2) is 38.4. The second-order valence-corrected chi connectivity index (χ2v) is 15.5. The number of aliphatic carboxylic acids is 1. The molecule has 0 aromatic heterocycles. The van der Waals surface area contributed by atoms with Crippen LogP contribution < -0.4 is 5.32 Å². The number of hydrogen-bond donors (Lipinski definition) is 2. The van der Waals surface area contributed by atoms with E-state index in [1.54, 1.807) is 0 Å². The van der Waals surface area contributed by atoms with E-state index < -0.39 is 5.97 Å². The van der Waals surface area contributed by atoms with Gasteiger partial charge in [0.25, 0.3) is 0 Å². The first-order valence-electron chi connectivity index (χ1n) is 22.2. The molecule has 0 unspecified atom stereocenters. The number of nitrogens with one attached hydrogen (secondary N) is 1. The molecule has 1 amide bonds. The summed E-state index contributed by atoms with van der Waals surface area (Å²) in [5, 5.41) is 11.6. The lowest BCUT2D eigenvalue weighted by Gasteiger charge is -2.05. The number of benzene rings is 1. The summed E-state index contributed by atoms with van der Waals surface area (Å²) >= 11 is 0. The Bertz CT molecular complexity index is 841. The molecule has 0 fully saturated rings. The monoisotopic (exact) mass is 698 g/mol. The molecule has 0 bridgehead atoms. The molecule has 0 saturated carbocycles. The fourth-order valence-electron chi connectivity index (χ4n) is 7.32. The van der Waals surface area contributed by atoms with Gasteiger partial charge in [-0.25, -0.2) is 0 Å². The van der Waals surface area contributed by atoms with Crippen LogP contribution in [-0.4, -0.2) is 17.0 Å². The lowest BCUT2D eigenvalue weighted by molar-refractivity contribution is -0.137. The van der Waals surface area contributed by atoms with Crippen LogP contribution in [0.1, 0.15) is 244 Å². The number of carbonyl (C=O) groups excluding carboxylic acids is 1. The van der Waals surface area contributed by atoms with Gasteiger partial charge in [0.1, 0.15) is 0 Å². The zero-order valence-electron chi connectivity index (χ0n) is 33.0. The number of amides is 1. The molecule has 0 atom stereocenters. The molecule has 0 saturated heterocycles. The van der Waals surface area contributed by atoms with Crippen LogP contribution in [0, 0.1) is 0 Å². The van der Waals surface area contributed by atoms with Crippen LogP contribution in [0.15, 0.2) is 30.3 Å². The fourth-order valence-corrected chi connectivity index (χ4v) is 7.32. The van der Waals surface area contributed by atoms with Gasteiger partial charge in [-0.15, -0.1) is 0 Å². The normalized spacial score (nSPS) is 11.3. The topological polar surface area (TPSA) is 66.4 Å². The molecule has 4 nitrogen and oxygen atoms in total. The maximum Gasteiger partial charge on any atom is 0.303 e. The average Bonchev–Trinajstić information content (AvgIpc) is 3.11. The molecule has 0 aliphatic carbocycles. The van der Waals surface area contributed by atoms with Crippen LogP contribution in [0.25, 0.3) is 0 Å². The molecule has 50 heavy (non-hydrogen) atoms. The Labute approximate surface area is 311 Å². The third-order valence-electron chi connectivity index (χ3n) is 10.6. The summed E-state index contributed by atoms with van der Waals surface area (Å²) in [6.07, 6.45) is 50.2. The van der Waals surface area contributed by atoms with Gasteiger partial charge in [-0.2, -0.15) is 0 Å². The summed E-state index contributed by atoms with van der Waals surface area (Å²) in [6.45, 7) is 0. The Hall–Kier alpha value is -1.84. The molecule has 1 aromatic rings. The number of carboxylic acids is 1. The summed E-state index contributed by atoms with van der Waals surface area (Å²) in [5.41, 5.74) is 0.901. The molecular weight excluding hydrogens is 615 g/mol. The minimum Gasteiger partial charge on any atom is -0.481 e. The van der Waals surface area contributed by atoms with Gasteiger partial charge in [-0.3, -0.25) is 9.59 Å². The van der Waals surface area contributed by atoms with Gasteiger partial charge >= 0.3 is 5.97 Å². The van der Waals surface area contributed by atoms with E-state index in [1.807, 2.05) is 30.3 Å². The Morgan fingerprint density at radius 1 is 0.340 bits per heavy atom. The zero-order chi connectivity index (χ0) is 35.8. The molecule has 0 radical (unpaired) electrons. The quantitative estimate of drug-likeness (QED) is 0.0671. The second-order valence-electron chi connectivity index (χ2n) is 15.5. The minimum atomic E-state index is -0.651. The highest BCUT2D eigenvalue weighted by Gasteiger charge is 2.02. The third kappa shape index (κ3) is 36.0. The van der Waals surface area contributed by atoms with Gasteiger partial charge in [-0.05, 0) is 25.0 Å². The maximum atomic E-state index is 12.0. The predicted molar refractivity (Wildman–Crippen MR) is 218 cm³/mol. The zero-order valence-corrected chi connectivity index (χ0v) is 33.0. The molecule has 0 aliphatic heterocycles. The van der Waals surface area contributed by atoms with Crippen LogP contribution in [0.3, 0.4) is 0 Å². The van der Waals surface area contributed by atoms with Crippen LogP contribution in [0.2, 0.25) is 0 Å². The minimum absolute atomic E-state index is 0.145. The summed E-state index contributed by atoms with van der Waals surface area (Å²) < 4.78 is 0. The first-order valence-corrected chi connectivity index (χ1v) is 22.2. The van der Waals surface area contributed by atoms with Crippen LogP contribution >= 0.6 is 0 Å². The molecule has 1 aromatic carbocycles. The lowest BCUT2D eigenvalue weighted by Crippen LogP contribution is -2.10. The Kier molecular flexibility index (Phi) is 35.5. The summed E-state index contributed by atoms with van der Waals surface area (Å²) in [7, 11) is 0. The SMILES string of the molecule is O=C(O)CCCCCCCCCCCCCCCCCCCCCCCCCCCCCCCCCCCCCCC(=O)Nc1ccccc1.